The van der Waals surface area contributed by atoms with Crippen molar-refractivity contribution >= 4 is 11.9 Å². The first-order chi connectivity index (χ1) is 10.2. The van der Waals surface area contributed by atoms with Crippen LogP contribution in [0.3, 0.4) is 0 Å². The number of carbonyl (C=O) groups excluding carboxylic acids is 1. The molecule has 1 heterocycles. The molecular formula is C16H33N5O. The number of guanidine groups is 1. The monoisotopic (exact) mass is 311 g/mol. The van der Waals surface area contributed by atoms with Crippen LogP contribution in [0.25, 0.3) is 0 Å². The van der Waals surface area contributed by atoms with Gasteiger partial charge in [0.15, 0.2) is 5.96 Å². The van der Waals surface area contributed by atoms with Crippen LogP contribution in [0.4, 0.5) is 0 Å². The van der Waals surface area contributed by atoms with Gasteiger partial charge in [-0.2, -0.15) is 0 Å². The van der Waals surface area contributed by atoms with E-state index in [1.807, 2.05) is 14.1 Å². The molecule has 6 heteroatoms. The zero-order valence-corrected chi connectivity index (χ0v) is 15.1. The minimum Gasteiger partial charge on any atom is -0.356 e. The Labute approximate surface area is 135 Å². The lowest BCUT2D eigenvalue weighted by atomic mass is 10.1. The number of rotatable bonds is 5. The van der Waals surface area contributed by atoms with Gasteiger partial charge in [-0.15, -0.1) is 0 Å². The predicted octanol–water partition coefficient (Wildman–Crippen LogP) is 0.893. The maximum atomic E-state index is 12.1. The second-order valence-electron chi connectivity index (χ2n) is 7.15. The number of hydrogen-bond acceptors (Lipinski definition) is 3. The topological polar surface area (TPSA) is 60.0 Å². The second-order valence-corrected chi connectivity index (χ2v) is 7.15. The van der Waals surface area contributed by atoms with E-state index in [1.165, 1.54) is 0 Å². The summed E-state index contributed by atoms with van der Waals surface area (Å²) in [7, 11) is 5.46. The summed E-state index contributed by atoms with van der Waals surface area (Å²) in [5.74, 6) is 1.06. The second kappa shape index (κ2) is 8.36. The number of likely N-dealkylation sites (tertiary alicyclic amines) is 1. The van der Waals surface area contributed by atoms with E-state index in [-0.39, 0.29) is 17.5 Å². The van der Waals surface area contributed by atoms with Crippen LogP contribution in [0.15, 0.2) is 4.99 Å². The molecule has 0 saturated carbocycles. The number of nitrogens with zero attached hydrogens (tertiary/aromatic N) is 3. The van der Waals surface area contributed by atoms with Gasteiger partial charge in [0, 0.05) is 39.8 Å². The van der Waals surface area contributed by atoms with Crippen LogP contribution in [-0.4, -0.2) is 74.0 Å². The molecule has 6 nitrogen and oxygen atoms in total. The lowest BCUT2D eigenvalue weighted by molar-refractivity contribution is -0.133. The van der Waals surface area contributed by atoms with E-state index >= 15 is 0 Å². The average molecular weight is 311 g/mol. The molecular weight excluding hydrogens is 278 g/mol. The van der Waals surface area contributed by atoms with Crippen molar-refractivity contribution in [3.63, 3.8) is 0 Å². The molecule has 0 aliphatic carbocycles. The molecule has 1 saturated heterocycles. The first-order valence-corrected chi connectivity index (χ1v) is 8.18. The number of aliphatic imine (C=N–C) groups is 1. The molecule has 1 aliphatic rings. The summed E-state index contributed by atoms with van der Waals surface area (Å²) >= 11 is 0. The van der Waals surface area contributed by atoms with Crippen molar-refractivity contribution in [1.29, 1.82) is 0 Å². The fourth-order valence-electron chi connectivity index (χ4n) is 2.69. The highest BCUT2D eigenvalue weighted by molar-refractivity contribution is 5.81. The van der Waals surface area contributed by atoms with Crippen molar-refractivity contribution in [2.45, 2.75) is 51.6 Å². The van der Waals surface area contributed by atoms with Gasteiger partial charge in [0.05, 0.1) is 6.04 Å². The van der Waals surface area contributed by atoms with E-state index in [0.717, 1.165) is 44.9 Å². The first-order valence-electron chi connectivity index (χ1n) is 8.18. The maximum Gasteiger partial charge on any atom is 0.239 e. The van der Waals surface area contributed by atoms with E-state index in [0.29, 0.717) is 0 Å². The Kier molecular flexibility index (Phi) is 7.13. The molecule has 1 fully saturated rings. The minimum absolute atomic E-state index is 0.0000209. The summed E-state index contributed by atoms with van der Waals surface area (Å²) in [4.78, 5) is 20.4. The molecule has 0 aromatic heterocycles. The molecule has 22 heavy (non-hydrogen) atoms. The first kappa shape index (κ1) is 18.7. The summed E-state index contributed by atoms with van der Waals surface area (Å²) in [6.45, 7) is 9.17. The van der Waals surface area contributed by atoms with Crippen LogP contribution in [0, 0.1) is 0 Å². The van der Waals surface area contributed by atoms with Gasteiger partial charge < -0.3 is 15.5 Å². The predicted molar refractivity (Wildman–Crippen MR) is 92.2 cm³/mol. The third-order valence-electron chi connectivity index (χ3n) is 3.72. The average Bonchev–Trinajstić information content (AvgIpc) is 2.88. The molecule has 1 amide bonds. The fraction of sp³-hybridized carbons (Fsp3) is 0.875. The molecule has 0 bridgehead atoms. The molecule has 1 aliphatic heterocycles. The Hall–Kier alpha value is -1.30. The van der Waals surface area contributed by atoms with Gasteiger partial charge in [0.2, 0.25) is 5.91 Å². The highest BCUT2D eigenvalue weighted by atomic mass is 16.2. The summed E-state index contributed by atoms with van der Waals surface area (Å²) < 4.78 is 0. The third-order valence-corrected chi connectivity index (χ3v) is 3.72. The van der Waals surface area contributed by atoms with E-state index < -0.39 is 0 Å². The summed E-state index contributed by atoms with van der Waals surface area (Å²) in [5, 5.41) is 6.67. The highest BCUT2D eigenvalue weighted by Gasteiger charge is 2.30. The molecule has 0 spiro atoms. The van der Waals surface area contributed by atoms with Gasteiger partial charge in [-0.3, -0.25) is 14.7 Å². The van der Waals surface area contributed by atoms with Crippen molar-refractivity contribution in [2.24, 2.45) is 4.99 Å². The van der Waals surface area contributed by atoms with Crippen molar-refractivity contribution in [1.82, 2.24) is 20.4 Å². The Morgan fingerprint density at radius 3 is 2.59 bits per heavy atom. The van der Waals surface area contributed by atoms with Crippen LogP contribution < -0.4 is 10.6 Å². The Balaban J connectivity index is 2.33. The van der Waals surface area contributed by atoms with E-state index in [1.54, 1.807) is 11.9 Å². The zero-order valence-electron chi connectivity index (χ0n) is 15.1. The zero-order chi connectivity index (χ0) is 16.8. The molecule has 1 rings (SSSR count). The van der Waals surface area contributed by atoms with Gasteiger partial charge in [-0.1, -0.05) is 0 Å². The lowest BCUT2D eigenvalue weighted by Crippen LogP contribution is -2.48. The number of hydrogen-bond donors (Lipinski definition) is 2. The highest BCUT2D eigenvalue weighted by Crippen LogP contribution is 2.18. The number of amides is 1. The Morgan fingerprint density at radius 2 is 2.05 bits per heavy atom. The van der Waals surface area contributed by atoms with Crippen molar-refractivity contribution in [3.05, 3.63) is 0 Å². The SMILES string of the molecule is CN=C(NCCCN1CCCC1C(=O)N(C)C)NC(C)(C)C. The largest absolute Gasteiger partial charge is 0.356 e. The molecule has 1 atom stereocenters. The molecule has 128 valence electrons. The van der Waals surface area contributed by atoms with Gasteiger partial charge in [0.25, 0.3) is 0 Å². The Bertz CT molecular complexity index is 386. The lowest BCUT2D eigenvalue weighted by Gasteiger charge is -2.26. The Morgan fingerprint density at radius 1 is 1.36 bits per heavy atom. The number of carbonyl (C=O) groups is 1. The van der Waals surface area contributed by atoms with Gasteiger partial charge >= 0.3 is 0 Å². The van der Waals surface area contributed by atoms with Crippen LogP contribution in [-0.2, 0) is 4.79 Å². The van der Waals surface area contributed by atoms with Gasteiger partial charge in [-0.25, -0.2) is 0 Å². The molecule has 0 radical (unpaired) electrons. The molecule has 1 unspecified atom stereocenters. The number of likely N-dealkylation sites (N-methyl/N-ethyl adjacent to an activating group) is 1. The minimum atomic E-state index is 0.0000209. The smallest absolute Gasteiger partial charge is 0.239 e. The normalized spacial score (nSPS) is 20.1. The summed E-state index contributed by atoms with van der Waals surface area (Å²) in [5.41, 5.74) is 0.0000209. The van der Waals surface area contributed by atoms with Gasteiger partial charge in [0.1, 0.15) is 0 Å². The molecule has 0 aromatic rings. The summed E-state index contributed by atoms with van der Waals surface area (Å²) in [6.07, 6.45) is 3.10. The van der Waals surface area contributed by atoms with Crippen LogP contribution in [0.1, 0.15) is 40.0 Å². The standard InChI is InChI=1S/C16H33N5O/c1-16(2,3)19-15(17-4)18-10-8-12-21-11-7-9-13(21)14(22)20(5)6/h13H,7-12H2,1-6H3,(H2,17,18,19). The molecule has 0 aromatic carbocycles. The van der Waals surface area contributed by atoms with Crippen molar-refractivity contribution in [3.8, 4) is 0 Å². The van der Waals surface area contributed by atoms with Crippen LogP contribution >= 0.6 is 0 Å². The molecule has 2 N–H and O–H groups in total. The van der Waals surface area contributed by atoms with E-state index in [2.05, 4.69) is 41.3 Å². The van der Waals surface area contributed by atoms with E-state index in [9.17, 15) is 4.79 Å². The quantitative estimate of drug-likeness (QED) is 0.450. The van der Waals surface area contributed by atoms with Crippen LogP contribution in [0.2, 0.25) is 0 Å². The fourth-order valence-corrected chi connectivity index (χ4v) is 2.69. The van der Waals surface area contributed by atoms with Crippen LogP contribution in [0.5, 0.6) is 0 Å². The third kappa shape index (κ3) is 6.22. The maximum absolute atomic E-state index is 12.1. The number of nitrogens with one attached hydrogen (secondary N) is 2. The van der Waals surface area contributed by atoms with Gasteiger partial charge in [-0.05, 0) is 46.6 Å². The van der Waals surface area contributed by atoms with Crippen molar-refractivity contribution in [2.75, 3.05) is 40.8 Å². The summed E-state index contributed by atoms with van der Waals surface area (Å²) in [6, 6.07) is 0.0713. The van der Waals surface area contributed by atoms with E-state index in [4.69, 9.17) is 0 Å². The van der Waals surface area contributed by atoms with Crippen molar-refractivity contribution < 1.29 is 4.79 Å².